The SMILES string of the molecule is O=C(O)CCCC(=O)N1CCN(C[C@H](O)CS(=O)(=O)O)CC1. The molecule has 1 aliphatic heterocycles. The Balaban J connectivity index is 2.28. The Labute approximate surface area is 129 Å². The fourth-order valence-corrected chi connectivity index (χ4v) is 2.91. The summed E-state index contributed by atoms with van der Waals surface area (Å²) < 4.78 is 30.0. The molecular weight excluding hydrogens is 316 g/mol. The number of carbonyl (C=O) groups excluding carboxylic acids is 1. The van der Waals surface area contributed by atoms with Gasteiger partial charge >= 0.3 is 5.97 Å². The van der Waals surface area contributed by atoms with Crippen LogP contribution in [0.15, 0.2) is 0 Å². The van der Waals surface area contributed by atoms with Gasteiger partial charge < -0.3 is 15.1 Å². The predicted molar refractivity (Wildman–Crippen MR) is 76.9 cm³/mol. The maximum absolute atomic E-state index is 11.8. The third kappa shape index (κ3) is 7.69. The third-order valence-corrected chi connectivity index (χ3v) is 4.18. The summed E-state index contributed by atoms with van der Waals surface area (Å²) >= 11 is 0. The molecule has 0 aromatic heterocycles. The summed E-state index contributed by atoms with van der Waals surface area (Å²) in [7, 11) is -4.20. The Bertz CT molecular complexity index is 486. The summed E-state index contributed by atoms with van der Waals surface area (Å²) in [5, 5.41) is 18.1. The highest BCUT2D eigenvalue weighted by Gasteiger charge is 2.23. The van der Waals surface area contributed by atoms with Crippen molar-refractivity contribution in [1.82, 2.24) is 9.80 Å². The van der Waals surface area contributed by atoms with E-state index in [1.54, 1.807) is 4.90 Å². The number of carbonyl (C=O) groups is 2. The molecule has 10 heteroatoms. The number of aliphatic hydroxyl groups excluding tert-OH is 1. The van der Waals surface area contributed by atoms with Crippen molar-refractivity contribution in [2.45, 2.75) is 25.4 Å². The van der Waals surface area contributed by atoms with Gasteiger partial charge in [-0.05, 0) is 6.42 Å². The number of aliphatic hydroxyl groups is 1. The van der Waals surface area contributed by atoms with Gasteiger partial charge in [-0.2, -0.15) is 8.42 Å². The zero-order chi connectivity index (χ0) is 16.8. The van der Waals surface area contributed by atoms with Gasteiger partial charge in [0.25, 0.3) is 10.1 Å². The average Bonchev–Trinajstić information content (AvgIpc) is 2.36. The molecule has 3 N–H and O–H groups in total. The summed E-state index contributed by atoms with van der Waals surface area (Å²) in [6.45, 7) is 2.00. The van der Waals surface area contributed by atoms with Gasteiger partial charge in [0, 0.05) is 45.6 Å². The minimum Gasteiger partial charge on any atom is -0.481 e. The highest BCUT2D eigenvalue weighted by Crippen LogP contribution is 2.07. The topological polar surface area (TPSA) is 135 Å². The van der Waals surface area contributed by atoms with Crippen molar-refractivity contribution in [2.24, 2.45) is 0 Å². The second kappa shape index (κ2) is 8.42. The van der Waals surface area contributed by atoms with Crippen molar-refractivity contribution in [2.75, 3.05) is 38.5 Å². The largest absolute Gasteiger partial charge is 0.481 e. The molecule has 0 bridgehead atoms. The first-order valence-corrected chi connectivity index (χ1v) is 8.63. The average molecular weight is 338 g/mol. The lowest BCUT2D eigenvalue weighted by Gasteiger charge is -2.35. The van der Waals surface area contributed by atoms with Crippen LogP contribution in [0.1, 0.15) is 19.3 Å². The molecule has 9 nitrogen and oxygen atoms in total. The minimum absolute atomic E-state index is 0.0342. The van der Waals surface area contributed by atoms with E-state index >= 15 is 0 Å². The molecule has 0 aromatic rings. The maximum Gasteiger partial charge on any atom is 0.303 e. The number of rotatable bonds is 8. The Hall–Kier alpha value is -1.23. The lowest BCUT2D eigenvalue weighted by atomic mass is 10.2. The molecule has 0 aliphatic carbocycles. The molecule has 0 saturated carbocycles. The number of carboxylic acid groups (broad SMARTS) is 1. The van der Waals surface area contributed by atoms with Gasteiger partial charge in [0.05, 0.1) is 6.10 Å². The number of piperazine rings is 1. The highest BCUT2D eigenvalue weighted by molar-refractivity contribution is 7.85. The van der Waals surface area contributed by atoms with Crippen LogP contribution in [0.2, 0.25) is 0 Å². The standard InChI is InChI=1S/C12H22N2O7S/c15-10(9-22(19,20)21)8-13-4-6-14(7-5-13)11(16)2-1-3-12(17)18/h10,15H,1-9H2,(H,17,18)(H,19,20,21)/t10-/m0/s1. The number of hydrogen-bond acceptors (Lipinski definition) is 6. The number of β-amino-alcohol motifs (C(OH)–C–C–N with tert-alkyl or cyclic N) is 1. The minimum atomic E-state index is -4.20. The molecule has 1 rings (SSSR count). The Kier molecular flexibility index (Phi) is 7.20. The molecule has 1 amide bonds. The first-order valence-electron chi connectivity index (χ1n) is 7.02. The van der Waals surface area contributed by atoms with Crippen molar-refractivity contribution >= 4 is 22.0 Å². The van der Waals surface area contributed by atoms with Crippen molar-refractivity contribution in [1.29, 1.82) is 0 Å². The number of aliphatic carboxylic acids is 1. The predicted octanol–water partition coefficient (Wildman–Crippen LogP) is -1.37. The first-order chi connectivity index (χ1) is 10.2. The number of nitrogens with zero attached hydrogens (tertiary/aromatic N) is 2. The molecule has 1 heterocycles. The highest BCUT2D eigenvalue weighted by atomic mass is 32.2. The lowest BCUT2D eigenvalue weighted by molar-refractivity contribution is -0.137. The molecule has 0 radical (unpaired) electrons. The second-order valence-electron chi connectivity index (χ2n) is 5.33. The molecule has 0 spiro atoms. The van der Waals surface area contributed by atoms with Gasteiger partial charge in [0.15, 0.2) is 0 Å². The van der Waals surface area contributed by atoms with Crippen LogP contribution >= 0.6 is 0 Å². The van der Waals surface area contributed by atoms with Crippen LogP contribution in [0.4, 0.5) is 0 Å². The first kappa shape index (κ1) is 18.8. The van der Waals surface area contributed by atoms with Crippen molar-refractivity contribution in [3.8, 4) is 0 Å². The van der Waals surface area contributed by atoms with Gasteiger partial charge in [-0.15, -0.1) is 0 Å². The van der Waals surface area contributed by atoms with E-state index in [-0.39, 0.29) is 25.3 Å². The molecule has 0 unspecified atom stereocenters. The summed E-state index contributed by atoms with van der Waals surface area (Å²) in [4.78, 5) is 25.7. The number of carboxylic acids is 1. The molecule has 1 fully saturated rings. The maximum atomic E-state index is 11.8. The van der Waals surface area contributed by atoms with Crippen LogP contribution in [0, 0.1) is 0 Å². The van der Waals surface area contributed by atoms with Gasteiger partial charge in [-0.3, -0.25) is 19.0 Å². The quantitative estimate of drug-likeness (QED) is 0.462. The molecular formula is C12H22N2O7S. The van der Waals surface area contributed by atoms with Crippen LogP contribution in [-0.2, 0) is 19.7 Å². The fraction of sp³-hybridized carbons (Fsp3) is 0.833. The molecule has 1 saturated heterocycles. The fourth-order valence-electron chi connectivity index (χ4n) is 2.32. The number of hydrogen-bond donors (Lipinski definition) is 3. The monoisotopic (exact) mass is 338 g/mol. The van der Waals surface area contributed by atoms with Gasteiger partial charge in [-0.1, -0.05) is 0 Å². The zero-order valence-electron chi connectivity index (χ0n) is 12.2. The van der Waals surface area contributed by atoms with E-state index in [1.165, 1.54) is 0 Å². The Morgan fingerprint density at radius 2 is 1.68 bits per heavy atom. The van der Waals surface area contributed by atoms with Crippen LogP contribution in [0.25, 0.3) is 0 Å². The van der Waals surface area contributed by atoms with E-state index < -0.39 is 27.9 Å². The lowest BCUT2D eigenvalue weighted by Crippen LogP contribution is -2.51. The molecule has 22 heavy (non-hydrogen) atoms. The molecule has 128 valence electrons. The van der Waals surface area contributed by atoms with Crippen molar-refractivity contribution in [3.05, 3.63) is 0 Å². The van der Waals surface area contributed by atoms with Gasteiger partial charge in [-0.25, -0.2) is 0 Å². The molecule has 0 aromatic carbocycles. The van der Waals surface area contributed by atoms with Crippen LogP contribution in [0.3, 0.4) is 0 Å². The van der Waals surface area contributed by atoms with Crippen LogP contribution < -0.4 is 0 Å². The number of amides is 1. The van der Waals surface area contributed by atoms with E-state index in [0.717, 1.165) is 0 Å². The summed E-state index contributed by atoms with van der Waals surface area (Å²) in [5.74, 6) is -1.73. The molecule has 1 atom stereocenters. The third-order valence-electron chi connectivity index (χ3n) is 3.38. The smallest absolute Gasteiger partial charge is 0.303 e. The summed E-state index contributed by atoms with van der Waals surface area (Å²) in [6, 6.07) is 0. The van der Waals surface area contributed by atoms with Crippen molar-refractivity contribution in [3.63, 3.8) is 0 Å². The van der Waals surface area contributed by atoms with Crippen molar-refractivity contribution < 1.29 is 32.8 Å². The zero-order valence-corrected chi connectivity index (χ0v) is 13.0. The van der Waals surface area contributed by atoms with E-state index in [9.17, 15) is 23.1 Å². The summed E-state index contributed by atoms with van der Waals surface area (Å²) in [5.41, 5.74) is 0. The van der Waals surface area contributed by atoms with Gasteiger partial charge in [0.1, 0.15) is 5.75 Å². The second-order valence-corrected chi connectivity index (χ2v) is 6.83. The van der Waals surface area contributed by atoms with Crippen LogP contribution in [0.5, 0.6) is 0 Å². The van der Waals surface area contributed by atoms with E-state index in [1.807, 2.05) is 4.90 Å². The molecule has 1 aliphatic rings. The Morgan fingerprint density at radius 3 is 2.18 bits per heavy atom. The van der Waals surface area contributed by atoms with E-state index in [2.05, 4.69) is 0 Å². The summed E-state index contributed by atoms with van der Waals surface area (Å²) in [6.07, 6.45) is -0.708. The normalized spacial score (nSPS) is 18.2. The van der Waals surface area contributed by atoms with Gasteiger partial charge in [0.2, 0.25) is 5.91 Å². The Morgan fingerprint density at radius 1 is 1.09 bits per heavy atom. The van der Waals surface area contributed by atoms with E-state index in [4.69, 9.17) is 9.66 Å². The van der Waals surface area contributed by atoms with Crippen LogP contribution in [-0.4, -0.2) is 89.4 Å². The van der Waals surface area contributed by atoms with E-state index in [0.29, 0.717) is 32.6 Å².